The number of hydrogen-bond acceptors (Lipinski definition) is 3. The molecule has 1 saturated carbocycles. The largest absolute Gasteiger partial charge is 0.394 e. The summed E-state index contributed by atoms with van der Waals surface area (Å²) in [6.07, 6.45) is 2.05. The zero-order chi connectivity index (χ0) is 9.07. The molecule has 1 amide bonds. The fourth-order valence-electron chi connectivity index (χ4n) is 0.368. The van der Waals surface area contributed by atoms with E-state index < -0.39 is 10.4 Å². The van der Waals surface area contributed by atoms with Gasteiger partial charge in [0.25, 0.3) is 0 Å². The molecule has 7 heteroatoms. The van der Waals surface area contributed by atoms with E-state index in [0.717, 1.165) is 12.8 Å². The van der Waals surface area contributed by atoms with Gasteiger partial charge in [-0.2, -0.15) is 8.42 Å². The highest BCUT2D eigenvalue weighted by Crippen LogP contribution is 2.27. The Kier molecular flexibility index (Phi) is 3.43. The monoisotopic (exact) mass is 183 g/mol. The van der Waals surface area contributed by atoms with Crippen molar-refractivity contribution in [3.05, 3.63) is 0 Å². The third kappa shape index (κ3) is 12.5. The van der Waals surface area contributed by atoms with Crippen LogP contribution < -0.4 is 5.73 Å². The van der Waals surface area contributed by atoms with Crippen molar-refractivity contribution in [1.82, 2.24) is 0 Å². The maximum absolute atomic E-state index is 9.98. The number of rotatable bonds is 1. The molecule has 0 aromatic carbocycles. The molecular weight excluding hydrogens is 174 g/mol. The van der Waals surface area contributed by atoms with E-state index in [1.807, 2.05) is 0 Å². The topological polar surface area (TPSA) is 118 Å². The summed E-state index contributed by atoms with van der Waals surface area (Å²) in [5.41, 5.74) is 4.86. The Hall–Kier alpha value is -0.660. The minimum Gasteiger partial charge on any atom is -0.369 e. The van der Waals surface area contributed by atoms with E-state index >= 15 is 0 Å². The molecule has 0 aromatic heterocycles. The Bertz CT molecular complexity index is 221. The number of carbonyl (C=O) groups is 1. The summed E-state index contributed by atoms with van der Waals surface area (Å²) in [5.74, 6) is 0.111. The predicted molar refractivity (Wildman–Crippen MR) is 36.1 cm³/mol. The second-order valence-electron chi connectivity index (χ2n) is 2.12. The summed E-state index contributed by atoms with van der Waals surface area (Å²) in [5, 5.41) is 0. The lowest BCUT2D eigenvalue weighted by molar-refractivity contribution is -0.119. The molecule has 4 N–H and O–H groups in total. The lowest BCUT2D eigenvalue weighted by Gasteiger charge is -1.77. The van der Waals surface area contributed by atoms with Gasteiger partial charge >= 0.3 is 10.4 Å². The second-order valence-corrected chi connectivity index (χ2v) is 3.02. The van der Waals surface area contributed by atoms with Gasteiger partial charge in [-0.05, 0) is 12.8 Å². The molecule has 0 spiro atoms. The normalized spacial score (nSPS) is 16.5. The predicted octanol–water partition coefficient (Wildman–Crippen LogP) is -0.771. The van der Waals surface area contributed by atoms with Gasteiger partial charge in [0.05, 0.1) is 0 Å². The Morgan fingerprint density at radius 2 is 1.64 bits per heavy atom. The van der Waals surface area contributed by atoms with Crippen LogP contribution in [0.1, 0.15) is 12.8 Å². The minimum absolute atomic E-state index is 0.130. The number of carbonyl (C=O) groups excluding carboxylic acids is 1. The SMILES string of the molecule is NC(=O)C1CC1.O=S(=O)(O)O. The molecular formula is C4H9NO5S. The third-order valence-electron chi connectivity index (χ3n) is 0.980. The molecule has 0 bridgehead atoms. The highest BCUT2D eigenvalue weighted by molar-refractivity contribution is 7.79. The smallest absolute Gasteiger partial charge is 0.369 e. The van der Waals surface area contributed by atoms with E-state index in [9.17, 15) is 4.79 Å². The van der Waals surface area contributed by atoms with Crippen molar-refractivity contribution < 1.29 is 22.3 Å². The lowest BCUT2D eigenvalue weighted by Crippen LogP contribution is -2.11. The van der Waals surface area contributed by atoms with Crippen molar-refractivity contribution in [2.45, 2.75) is 12.8 Å². The van der Waals surface area contributed by atoms with Crippen LogP contribution in [0.25, 0.3) is 0 Å². The summed E-state index contributed by atoms with van der Waals surface area (Å²) in [7, 11) is -4.67. The van der Waals surface area contributed by atoms with Crippen LogP contribution in [0.5, 0.6) is 0 Å². The van der Waals surface area contributed by atoms with Gasteiger partial charge in [0, 0.05) is 5.92 Å². The molecule has 1 aliphatic carbocycles. The highest BCUT2D eigenvalue weighted by Gasteiger charge is 2.26. The van der Waals surface area contributed by atoms with Crippen molar-refractivity contribution in [2.75, 3.05) is 0 Å². The molecule has 0 heterocycles. The van der Waals surface area contributed by atoms with E-state index in [-0.39, 0.29) is 11.8 Å². The van der Waals surface area contributed by atoms with Gasteiger partial charge in [0.1, 0.15) is 0 Å². The first-order valence-electron chi connectivity index (χ1n) is 2.80. The van der Waals surface area contributed by atoms with Crippen molar-refractivity contribution in [1.29, 1.82) is 0 Å². The van der Waals surface area contributed by atoms with Crippen LogP contribution >= 0.6 is 0 Å². The van der Waals surface area contributed by atoms with Gasteiger partial charge < -0.3 is 5.73 Å². The van der Waals surface area contributed by atoms with Gasteiger partial charge in [-0.3, -0.25) is 13.9 Å². The summed E-state index contributed by atoms with van der Waals surface area (Å²) >= 11 is 0. The molecule has 1 aliphatic rings. The average Bonchev–Trinajstić information content (AvgIpc) is 2.34. The Balaban J connectivity index is 0.000000187. The van der Waals surface area contributed by atoms with Crippen molar-refractivity contribution in [3.8, 4) is 0 Å². The van der Waals surface area contributed by atoms with Gasteiger partial charge in [0.15, 0.2) is 0 Å². The second kappa shape index (κ2) is 3.65. The first kappa shape index (κ1) is 10.3. The van der Waals surface area contributed by atoms with Crippen LogP contribution in [0.2, 0.25) is 0 Å². The molecule has 0 unspecified atom stereocenters. The zero-order valence-electron chi connectivity index (χ0n) is 5.60. The fraction of sp³-hybridized carbons (Fsp3) is 0.750. The van der Waals surface area contributed by atoms with Crippen LogP contribution in [0.3, 0.4) is 0 Å². The molecule has 1 rings (SSSR count). The van der Waals surface area contributed by atoms with Crippen LogP contribution in [0, 0.1) is 5.92 Å². The van der Waals surface area contributed by atoms with E-state index in [1.165, 1.54) is 0 Å². The van der Waals surface area contributed by atoms with Crippen molar-refractivity contribution >= 4 is 16.3 Å². The van der Waals surface area contributed by atoms with E-state index in [2.05, 4.69) is 0 Å². The summed E-state index contributed by atoms with van der Waals surface area (Å²) in [6, 6.07) is 0. The first-order valence-corrected chi connectivity index (χ1v) is 4.19. The highest BCUT2D eigenvalue weighted by atomic mass is 32.3. The number of nitrogens with two attached hydrogens (primary N) is 1. The Labute approximate surface area is 64.0 Å². The molecule has 66 valence electrons. The fourth-order valence-corrected chi connectivity index (χ4v) is 0.368. The molecule has 0 atom stereocenters. The van der Waals surface area contributed by atoms with Crippen LogP contribution in [-0.4, -0.2) is 23.4 Å². The number of primary amides is 1. The molecule has 6 nitrogen and oxygen atoms in total. The molecule has 0 aromatic rings. The maximum Gasteiger partial charge on any atom is 0.394 e. The van der Waals surface area contributed by atoms with Crippen LogP contribution in [0.4, 0.5) is 0 Å². The summed E-state index contributed by atoms with van der Waals surface area (Å²) in [6.45, 7) is 0. The van der Waals surface area contributed by atoms with E-state index in [0.29, 0.717) is 0 Å². The summed E-state index contributed by atoms with van der Waals surface area (Å²) < 4.78 is 31.6. The molecule has 1 fully saturated rings. The van der Waals surface area contributed by atoms with E-state index in [4.69, 9.17) is 23.3 Å². The average molecular weight is 183 g/mol. The van der Waals surface area contributed by atoms with Gasteiger partial charge in [-0.1, -0.05) is 0 Å². The quantitative estimate of drug-likeness (QED) is 0.461. The van der Waals surface area contributed by atoms with Crippen LogP contribution in [0.15, 0.2) is 0 Å². The molecule has 0 aliphatic heterocycles. The molecule has 11 heavy (non-hydrogen) atoms. The third-order valence-corrected chi connectivity index (χ3v) is 0.980. The first-order chi connectivity index (χ1) is 4.80. The van der Waals surface area contributed by atoms with Crippen molar-refractivity contribution in [2.24, 2.45) is 11.7 Å². The van der Waals surface area contributed by atoms with E-state index in [1.54, 1.807) is 0 Å². The lowest BCUT2D eigenvalue weighted by atomic mass is 10.4. The van der Waals surface area contributed by atoms with Crippen molar-refractivity contribution in [3.63, 3.8) is 0 Å². The molecule has 0 radical (unpaired) electrons. The Morgan fingerprint density at radius 1 is 1.36 bits per heavy atom. The van der Waals surface area contributed by atoms with Gasteiger partial charge in [0.2, 0.25) is 5.91 Å². The van der Waals surface area contributed by atoms with Gasteiger partial charge in [-0.15, -0.1) is 0 Å². The Morgan fingerprint density at radius 3 is 1.64 bits per heavy atom. The number of amides is 1. The minimum atomic E-state index is -4.67. The zero-order valence-corrected chi connectivity index (χ0v) is 6.41. The maximum atomic E-state index is 9.98. The van der Waals surface area contributed by atoms with Crippen LogP contribution in [-0.2, 0) is 15.2 Å². The standard InChI is InChI=1S/C4H7NO.H2O4S/c5-4(6)3-1-2-3;1-5(2,3)4/h3H,1-2H2,(H2,5,6);(H2,1,2,3,4). The molecule has 0 saturated heterocycles. The summed E-state index contributed by atoms with van der Waals surface area (Å²) in [4.78, 5) is 9.98. The number of hydrogen-bond donors (Lipinski definition) is 3. The van der Waals surface area contributed by atoms with Gasteiger partial charge in [-0.25, -0.2) is 0 Å².